The Morgan fingerprint density at radius 1 is 0.967 bits per heavy atom. The van der Waals surface area contributed by atoms with Crippen LogP contribution in [0.3, 0.4) is 0 Å². The molecule has 0 bridgehead atoms. The van der Waals surface area contributed by atoms with E-state index in [1.807, 2.05) is 85.8 Å². The summed E-state index contributed by atoms with van der Waals surface area (Å²) < 4.78 is 5.64. The van der Waals surface area contributed by atoms with Crippen molar-refractivity contribution in [2.75, 3.05) is 23.4 Å². The summed E-state index contributed by atoms with van der Waals surface area (Å²) in [5.41, 5.74) is 3.65. The molecular formula is C25H24N2O3. The van der Waals surface area contributed by atoms with E-state index in [1.54, 1.807) is 4.90 Å². The molecule has 152 valence electrons. The molecule has 30 heavy (non-hydrogen) atoms. The zero-order valence-electron chi connectivity index (χ0n) is 16.9. The number of hydrogen-bond acceptors (Lipinski definition) is 3. The Hall–Kier alpha value is -3.60. The molecule has 4 rings (SSSR count). The second-order valence-corrected chi connectivity index (χ2v) is 7.24. The van der Waals surface area contributed by atoms with Gasteiger partial charge < -0.3 is 15.0 Å². The minimum atomic E-state index is -0.402. The summed E-state index contributed by atoms with van der Waals surface area (Å²) in [7, 11) is 0. The quantitative estimate of drug-likeness (QED) is 0.650. The highest BCUT2D eigenvalue weighted by Crippen LogP contribution is 2.33. The lowest BCUT2D eigenvalue weighted by atomic mass is 10.0. The maximum absolute atomic E-state index is 12.8. The van der Waals surface area contributed by atoms with E-state index < -0.39 is 5.92 Å². The van der Waals surface area contributed by atoms with Crippen molar-refractivity contribution in [2.24, 2.45) is 5.92 Å². The van der Waals surface area contributed by atoms with Crippen LogP contribution >= 0.6 is 0 Å². The van der Waals surface area contributed by atoms with Crippen molar-refractivity contribution in [2.45, 2.75) is 13.3 Å². The zero-order chi connectivity index (χ0) is 20.9. The van der Waals surface area contributed by atoms with Crippen LogP contribution < -0.4 is 15.0 Å². The first-order valence-electron chi connectivity index (χ1n) is 10.1. The van der Waals surface area contributed by atoms with Crippen LogP contribution in [0.25, 0.3) is 11.1 Å². The summed E-state index contributed by atoms with van der Waals surface area (Å²) in [5, 5.41) is 2.95. The van der Waals surface area contributed by atoms with Crippen LogP contribution in [0.5, 0.6) is 5.75 Å². The fourth-order valence-electron chi connectivity index (χ4n) is 3.69. The van der Waals surface area contributed by atoms with Gasteiger partial charge in [-0.15, -0.1) is 0 Å². The zero-order valence-corrected chi connectivity index (χ0v) is 16.9. The average Bonchev–Trinajstić information content (AvgIpc) is 3.17. The number of para-hydroxylation sites is 2. The van der Waals surface area contributed by atoms with E-state index in [4.69, 9.17) is 4.74 Å². The smallest absolute Gasteiger partial charge is 0.229 e. The van der Waals surface area contributed by atoms with E-state index >= 15 is 0 Å². The van der Waals surface area contributed by atoms with Crippen LogP contribution in [0.4, 0.5) is 11.4 Å². The van der Waals surface area contributed by atoms with E-state index in [0.29, 0.717) is 24.6 Å². The van der Waals surface area contributed by atoms with Crippen LogP contribution in [0.1, 0.15) is 13.3 Å². The Morgan fingerprint density at radius 3 is 2.37 bits per heavy atom. The van der Waals surface area contributed by atoms with Crippen molar-refractivity contribution in [3.05, 3.63) is 78.9 Å². The van der Waals surface area contributed by atoms with Gasteiger partial charge in [0.2, 0.25) is 11.8 Å². The van der Waals surface area contributed by atoms with Crippen molar-refractivity contribution < 1.29 is 14.3 Å². The number of carbonyl (C=O) groups is 2. The minimum Gasteiger partial charge on any atom is -0.492 e. The Balaban J connectivity index is 1.43. The first-order chi connectivity index (χ1) is 14.7. The lowest BCUT2D eigenvalue weighted by Crippen LogP contribution is -2.28. The van der Waals surface area contributed by atoms with Crippen molar-refractivity contribution >= 4 is 23.2 Å². The Labute approximate surface area is 176 Å². The average molecular weight is 400 g/mol. The number of carbonyl (C=O) groups excluding carboxylic acids is 2. The van der Waals surface area contributed by atoms with Crippen LogP contribution in [0.2, 0.25) is 0 Å². The molecule has 0 saturated carbocycles. The number of anilines is 2. The second kappa shape index (κ2) is 8.82. The molecule has 0 aliphatic carbocycles. The van der Waals surface area contributed by atoms with Crippen molar-refractivity contribution in [3.63, 3.8) is 0 Å². The lowest BCUT2D eigenvalue weighted by molar-refractivity contribution is -0.122. The van der Waals surface area contributed by atoms with Crippen molar-refractivity contribution in [3.8, 4) is 16.9 Å². The molecule has 3 aromatic rings. The van der Waals surface area contributed by atoms with Gasteiger partial charge in [0.15, 0.2) is 0 Å². The summed E-state index contributed by atoms with van der Waals surface area (Å²) in [6, 6.07) is 25.2. The molecule has 1 atom stereocenters. The van der Waals surface area contributed by atoms with Crippen molar-refractivity contribution in [1.82, 2.24) is 0 Å². The van der Waals surface area contributed by atoms with Crippen LogP contribution in [0.15, 0.2) is 78.9 Å². The number of amides is 2. The normalized spacial score (nSPS) is 15.8. The summed E-state index contributed by atoms with van der Waals surface area (Å²) in [5.74, 6) is 0.0424. The van der Waals surface area contributed by atoms with Gasteiger partial charge in [-0.25, -0.2) is 0 Å². The third kappa shape index (κ3) is 4.20. The molecule has 2 amide bonds. The van der Waals surface area contributed by atoms with E-state index in [2.05, 4.69) is 5.32 Å². The Bertz CT molecular complexity index is 1030. The highest BCUT2D eigenvalue weighted by atomic mass is 16.5. The van der Waals surface area contributed by atoms with E-state index in [0.717, 1.165) is 16.8 Å². The SMILES string of the molecule is CCOc1ccccc1N1C[C@H](C(=O)Nc2ccc(-c3ccccc3)cc2)CC1=O. The highest BCUT2D eigenvalue weighted by molar-refractivity contribution is 6.04. The lowest BCUT2D eigenvalue weighted by Gasteiger charge is -2.20. The molecule has 0 radical (unpaired) electrons. The molecule has 5 heteroatoms. The molecule has 1 aliphatic heterocycles. The maximum Gasteiger partial charge on any atom is 0.229 e. The van der Waals surface area contributed by atoms with Crippen LogP contribution in [0, 0.1) is 5.92 Å². The predicted molar refractivity (Wildman–Crippen MR) is 119 cm³/mol. The molecule has 0 aromatic heterocycles. The number of ether oxygens (including phenoxy) is 1. The Kier molecular flexibility index (Phi) is 5.80. The second-order valence-electron chi connectivity index (χ2n) is 7.24. The molecule has 0 spiro atoms. The van der Waals surface area contributed by atoms with Gasteiger partial charge in [-0.05, 0) is 42.3 Å². The standard InChI is InChI=1S/C25H24N2O3/c1-2-30-23-11-7-6-10-22(23)27-17-20(16-24(27)28)25(29)26-21-14-12-19(13-15-21)18-8-4-3-5-9-18/h3-15,20H,2,16-17H2,1H3,(H,26,29)/t20-/m1/s1. The third-order valence-corrected chi connectivity index (χ3v) is 5.21. The Morgan fingerprint density at radius 2 is 1.63 bits per heavy atom. The van der Waals surface area contributed by atoms with Crippen molar-refractivity contribution in [1.29, 1.82) is 0 Å². The van der Waals surface area contributed by atoms with Gasteiger partial charge in [0.05, 0.1) is 18.2 Å². The highest BCUT2D eigenvalue weighted by Gasteiger charge is 2.36. The maximum atomic E-state index is 12.8. The predicted octanol–water partition coefficient (Wildman–Crippen LogP) is 4.74. The van der Waals surface area contributed by atoms with Gasteiger partial charge >= 0.3 is 0 Å². The number of nitrogens with one attached hydrogen (secondary N) is 1. The summed E-state index contributed by atoms with van der Waals surface area (Å²) in [6.45, 7) is 2.76. The topological polar surface area (TPSA) is 58.6 Å². The van der Waals surface area contributed by atoms with Gasteiger partial charge in [-0.2, -0.15) is 0 Å². The molecule has 1 aliphatic rings. The van der Waals surface area contributed by atoms with Gasteiger partial charge in [-0.1, -0.05) is 54.6 Å². The third-order valence-electron chi connectivity index (χ3n) is 5.21. The molecule has 5 nitrogen and oxygen atoms in total. The fraction of sp³-hybridized carbons (Fsp3) is 0.200. The van der Waals surface area contributed by atoms with Crippen LogP contribution in [-0.2, 0) is 9.59 Å². The van der Waals surface area contributed by atoms with Crippen LogP contribution in [-0.4, -0.2) is 25.0 Å². The number of benzene rings is 3. The van der Waals surface area contributed by atoms with E-state index in [-0.39, 0.29) is 18.2 Å². The van der Waals surface area contributed by atoms with E-state index in [1.165, 1.54) is 0 Å². The molecule has 1 saturated heterocycles. The van der Waals surface area contributed by atoms with Gasteiger partial charge in [-0.3, -0.25) is 9.59 Å². The number of hydrogen-bond donors (Lipinski definition) is 1. The molecule has 1 heterocycles. The molecule has 1 fully saturated rings. The first kappa shape index (κ1) is 19.7. The summed E-state index contributed by atoms with van der Waals surface area (Å²) in [4.78, 5) is 27.0. The first-order valence-corrected chi connectivity index (χ1v) is 10.1. The minimum absolute atomic E-state index is 0.0678. The molecule has 0 unspecified atom stereocenters. The largest absolute Gasteiger partial charge is 0.492 e. The summed E-state index contributed by atoms with van der Waals surface area (Å²) >= 11 is 0. The number of nitrogens with zero attached hydrogens (tertiary/aromatic N) is 1. The van der Waals surface area contributed by atoms with E-state index in [9.17, 15) is 9.59 Å². The molecular weight excluding hydrogens is 376 g/mol. The number of rotatable bonds is 6. The van der Waals surface area contributed by atoms with Gasteiger partial charge in [0, 0.05) is 18.7 Å². The summed E-state index contributed by atoms with van der Waals surface area (Å²) in [6.07, 6.45) is 0.189. The molecule has 3 aromatic carbocycles. The monoisotopic (exact) mass is 400 g/mol. The van der Waals surface area contributed by atoms with Gasteiger partial charge in [0.1, 0.15) is 5.75 Å². The fourth-order valence-corrected chi connectivity index (χ4v) is 3.69. The van der Waals surface area contributed by atoms with Gasteiger partial charge in [0.25, 0.3) is 0 Å². The molecule has 1 N–H and O–H groups in total.